The van der Waals surface area contributed by atoms with Gasteiger partial charge in [-0.3, -0.25) is 4.57 Å². The second-order valence-corrected chi connectivity index (χ2v) is 3.45. The van der Waals surface area contributed by atoms with Crippen LogP contribution in [-0.2, 0) is 4.74 Å². The van der Waals surface area contributed by atoms with Crippen LogP contribution >= 0.6 is 0 Å². The van der Waals surface area contributed by atoms with Gasteiger partial charge in [-0.2, -0.15) is 5.10 Å². The second-order valence-electron chi connectivity index (χ2n) is 3.45. The Labute approximate surface area is 81.1 Å². The molecule has 0 radical (unpaired) electrons. The summed E-state index contributed by atoms with van der Waals surface area (Å²) >= 11 is 0. The molecule has 1 aromatic rings. The van der Waals surface area contributed by atoms with E-state index < -0.39 is 0 Å². The number of nitrogens with zero attached hydrogens (tertiary/aromatic N) is 2. The van der Waals surface area contributed by atoms with Crippen molar-refractivity contribution in [1.82, 2.24) is 14.8 Å². The van der Waals surface area contributed by atoms with Crippen molar-refractivity contribution in [2.75, 3.05) is 6.61 Å². The molecule has 1 saturated carbocycles. The zero-order valence-corrected chi connectivity index (χ0v) is 8.01. The number of aromatic amines is 1. The molecule has 14 heavy (non-hydrogen) atoms. The Balaban J connectivity index is 2.17. The highest BCUT2D eigenvalue weighted by atomic mass is 16.5. The normalized spacial score (nSPS) is 31.4. The van der Waals surface area contributed by atoms with E-state index in [1.807, 2.05) is 6.92 Å². The predicted octanol–water partition coefficient (Wildman–Crippen LogP) is -0.751. The topological polar surface area (TPSA) is 85.9 Å². The minimum atomic E-state index is -0.227. The molecule has 0 bridgehead atoms. The summed E-state index contributed by atoms with van der Waals surface area (Å²) in [6.07, 6.45) is 2.32. The number of hydrogen-bond donors (Lipinski definition) is 2. The monoisotopic (exact) mass is 198 g/mol. The van der Waals surface area contributed by atoms with Crippen molar-refractivity contribution in [3.63, 3.8) is 0 Å². The summed E-state index contributed by atoms with van der Waals surface area (Å²) in [6, 6.07) is -0.0805. The highest BCUT2D eigenvalue weighted by Crippen LogP contribution is 2.32. The minimum Gasteiger partial charge on any atom is -0.376 e. The molecule has 3 unspecified atom stereocenters. The van der Waals surface area contributed by atoms with Crippen LogP contribution in [0.4, 0.5) is 0 Å². The Hall–Kier alpha value is -1.14. The first-order chi connectivity index (χ1) is 6.74. The van der Waals surface area contributed by atoms with E-state index in [9.17, 15) is 4.79 Å². The third kappa shape index (κ3) is 1.36. The van der Waals surface area contributed by atoms with Gasteiger partial charge in [-0.1, -0.05) is 0 Å². The molecule has 0 saturated heterocycles. The average molecular weight is 198 g/mol. The fraction of sp³-hybridized carbons (Fsp3) is 0.750. The molecule has 1 fully saturated rings. The standard InChI is InChI=1S/C8H14N4O2/c1-2-14-6-3-5(9)7(6)12-4-10-11-8(12)13/h4-7H,2-3,9H2,1H3,(H,11,13). The molecule has 1 heterocycles. The minimum absolute atomic E-state index is 0.0122. The number of hydrogen-bond acceptors (Lipinski definition) is 4. The van der Waals surface area contributed by atoms with Gasteiger partial charge in [0, 0.05) is 12.6 Å². The van der Waals surface area contributed by atoms with Crippen LogP contribution in [0.2, 0.25) is 0 Å². The number of ether oxygens (including phenoxy) is 1. The Morgan fingerprint density at radius 1 is 1.86 bits per heavy atom. The number of rotatable bonds is 3. The van der Waals surface area contributed by atoms with Gasteiger partial charge >= 0.3 is 5.69 Å². The zero-order valence-electron chi connectivity index (χ0n) is 8.01. The lowest BCUT2D eigenvalue weighted by molar-refractivity contribution is -0.0481. The quantitative estimate of drug-likeness (QED) is 0.669. The van der Waals surface area contributed by atoms with Crippen LogP contribution in [0.15, 0.2) is 11.1 Å². The van der Waals surface area contributed by atoms with E-state index in [1.54, 1.807) is 0 Å². The van der Waals surface area contributed by atoms with Gasteiger partial charge in [0.1, 0.15) is 6.33 Å². The molecule has 0 aliphatic heterocycles. The van der Waals surface area contributed by atoms with Crippen LogP contribution in [0.25, 0.3) is 0 Å². The third-order valence-corrected chi connectivity index (χ3v) is 2.60. The van der Waals surface area contributed by atoms with Gasteiger partial charge in [0.05, 0.1) is 12.1 Å². The van der Waals surface area contributed by atoms with Gasteiger partial charge in [0.2, 0.25) is 0 Å². The van der Waals surface area contributed by atoms with E-state index in [-0.39, 0.29) is 23.9 Å². The largest absolute Gasteiger partial charge is 0.376 e. The van der Waals surface area contributed by atoms with Crippen molar-refractivity contribution in [3.05, 3.63) is 16.8 Å². The van der Waals surface area contributed by atoms with Gasteiger partial charge in [0.25, 0.3) is 0 Å². The van der Waals surface area contributed by atoms with Crippen LogP contribution in [0.5, 0.6) is 0 Å². The van der Waals surface area contributed by atoms with E-state index in [1.165, 1.54) is 10.9 Å². The molecule has 0 spiro atoms. The van der Waals surface area contributed by atoms with E-state index in [0.717, 1.165) is 6.42 Å². The summed E-state index contributed by atoms with van der Waals surface area (Å²) in [6.45, 7) is 2.57. The molecule has 3 N–H and O–H groups in total. The molecular weight excluding hydrogens is 184 g/mol. The fourth-order valence-electron chi connectivity index (χ4n) is 1.86. The number of H-pyrrole nitrogens is 1. The van der Waals surface area contributed by atoms with Gasteiger partial charge in [-0.05, 0) is 13.3 Å². The second kappa shape index (κ2) is 3.55. The highest BCUT2D eigenvalue weighted by molar-refractivity contribution is 4.98. The van der Waals surface area contributed by atoms with Gasteiger partial charge in [0.15, 0.2) is 0 Å². The zero-order chi connectivity index (χ0) is 10.1. The average Bonchev–Trinajstić information content (AvgIpc) is 2.52. The van der Waals surface area contributed by atoms with E-state index in [4.69, 9.17) is 10.5 Å². The summed E-state index contributed by atoms with van der Waals surface area (Å²) < 4.78 is 6.97. The molecule has 1 aliphatic rings. The van der Waals surface area contributed by atoms with Crippen molar-refractivity contribution in [2.45, 2.75) is 31.5 Å². The van der Waals surface area contributed by atoms with Gasteiger partial charge < -0.3 is 10.5 Å². The molecular formula is C8H14N4O2. The van der Waals surface area contributed by atoms with E-state index in [2.05, 4.69) is 10.2 Å². The van der Waals surface area contributed by atoms with E-state index >= 15 is 0 Å². The lowest BCUT2D eigenvalue weighted by Crippen LogP contribution is -2.55. The van der Waals surface area contributed by atoms with Crippen LogP contribution in [0.1, 0.15) is 19.4 Å². The van der Waals surface area contributed by atoms with Gasteiger partial charge in [-0.25, -0.2) is 9.89 Å². The lowest BCUT2D eigenvalue weighted by Gasteiger charge is -2.41. The number of aromatic nitrogens is 3. The molecule has 1 aromatic heterocycles. The summed E-state index contributed by atoms with van der Waals surface area (Å²) in [5, 5.41) is 6.02. The predicted molar refractivity (Wildman–Crippen MR) is 49.9 cm³/mol. The maximum atomic E-state index is 11.3. The molecule has 78 valence electrons. The van der Waals surface area contributed by atoms with Crippen LogP contribution in [0, 0.1) is 0 Å². The van der Waals surface area contributed by atoms with Crippen molar-refractivity contribution < 1.29 is 4.74 Å². The third-order valence-electron chi connectivity index (χ3n) is 2.60. The summed E-state index contributed by atoms with van der Waals surface area (Å²) in [5.41, 5.74) is 5.60. The SMILES string of the molecule is CCOC1CC(N)C1n1cn[nH]c1=O. The summed E-state index contributed by atoms with van der Waals surface area (Å²) in [5.74, 6) is 0. The summed E-state index contributed by atoms with van der Waals surface area (Å²) in [4.78, 5) is 11.3. The summed E-state index contributed by atoms with van der Waals surface area (Å²) in [7, 11) is 0. The maximum Gasteiger partial charge on any atom is 0.343 e. The Morgan fingerprint density at radius 2 is 2.64 bits per heavy atom. The molecule has 1 aliphatic carbocycles. The maximum absolute atomic E-state index is 11.3. The van der Waals surface area contributed by atoms with Crippen molar-refractivity contribution >= 4 is 0 Å². The first kappa shape index (κ1) is 9.42. The number of nitrogens with two attached hydrogens (primary N) is 1. The van der Waals surface area contributed by atoms with Crippen molar-refractivity contribution in [2.24, 2.45) is 5.73 Å². The molecule has 2 rings (SSSR count). The van der Waals surface area contributed by atoms with Gasteiger partial charge in [-0.15, -0.1) is 0 Å². The molecule has 0 amide bonds. The fourth-order valence-corrected chi connectivity index (χ4v) is 1.86. The van der Waals surface area contributed by atoms with Crippen LogP contribution < -0.4 is 11.4 Å². The molecule has 3 atom stereocenters. The Kier molecular flexibility index (Phi) is 2.39. The molecule has 6 nitrogen and oxygen atoms in total. The smallest absolute Gasteiger partial charge is 0.343 e. The van der Waals surface area contributed by atoms with E-state index in [0.29, 0.717) is 6.61 Å². The van der Waals surface area contributed by atoms with Crippen molar-refractivity contribution in [1.29, 1.82) is 0 Å². The lowest BCUT2D eigenvalue weighted by atomic mass is 9.83. The molecule has 0 aromatic carbocycles. The van der Waals surface area contributed by atoms with Crippen molar-refractivity contribution in [3.8, 4) is 0 Å². The van der Waals surface area contributed by atoms with Crippen LogP contribution in [0.3, 0.4) is 0 Å². The molecule has 6 heteroatoms. The highest BCUT2D eigenvalue weighted by Gasteiger charge is 2.41. The first-order valence-electron chi connectivity index (χ1n) is 4.72. The first-order valence-corrected chi connectivity index (χ1v) is 4.72. The Morgan fingerprint density at radius 3 is 3.14 bits per heavy atom. The van der Waals surface area contributed by atoms with Crippen LogP contribution in [-0.4, -0.2) is 33.5 Å². The number of nitrogens with one attached hydrogen (secondary N) is 1. The Bertz CT molecular complexity index is 356.